The van der Waals surface area contributed by atoms with Gasteiger partial charge in [-0.25, -0.2) is 9.78 Å². The van der Waals surface area contributed by atoms with Crippen LogP contribution in [-0.4, -0.2) is 41.3 Å². The first kappa shape index (κ1) is 19.6. The Balaban J connectivity index is 1.88. The molecule has 0 spiro atoms. The SMILES string of the molecule is CC(C)(C)OC(=O)N1CC[C@H](COc2ncc(C(F)(F)F)cc2Cl)C1. The lowest BCUT2D eigenvalue weighted by Gasteiger charge is -2.24. The molecule has 0 aromatic carbocycles. The van der Waals surface area contributed by atoms with E-state index >= 15 is 0 Å². The molecule has 0 saturated carbocycles. The first-order valence-corrected chi connectivity index (χ1v) is 8.17. The quantitative estimate of drug-likeness (QED) is 0.780. The van der Waals surface area contributed by atoms with Crippen LogP contribution in [0, 0.1) is 5.92 Å². The Morgan fingerprint density at radius 1 is 1.40 bits per heavy atom. The summed E-state index contributed by atoms with van der Waals surface area (Å²) in [7, 11) is 0. The van der Waals surface area contributed by atoms with E-state index < -0.39 is 17.3 Å². The van der Waals surface area contributed by atoms with Gasteiger partial charge in [-0.05, 0) is 33.3 Å². The van der Waals surface area contributed by atoms with Crippen molar-refractivity contribution in [3.8, 4) is 5.88 Å². The molecule has 140 valence electrons. The highest BCUT2D eigenvalue weighted by atomic mass is 35.5. The van der Waals surface area contributed by atoms with Crippen LogP contribution in [0.25, 0.3) is 0 Å². The number of likely N-dealkylation sites (tertiary alicyclic amines) is 1. The predicted molar refractivity (Wildman–Crippen MR) is 85.7 cm³/mol. The molecule has 1 amide bonds. The Labute approximate surface area is 149 Å². The fraction of sp³-hybridized carbons (Fsp3) is 0.625. The number of hydrogen-bond donors (Lipinski definition) is 0. The van der Waals surface area contributed by atoms with E-state index in [1.807, 2.05) is 0 Å². The molecule has 0 radical (unpaired) electrons. The van der Waals surface area contributed by atoms with Crippen molar-refractivity contribution in [1.29, 1.82) is 0 Å². The number of aromatic nitrogens is 1. The van der Waals surface area contributed by atoms with Gasteiger partial charge in [-0.2, -0.15) is 13.2 Å². The maximum Gasteiger partial charge on any atom is 0.417 e. The largest absolute Gasteiger partial charge is 0.476 e. The molecule has 1 fully saturated rings. The third kappa shape index (κ3) is 5.66. The van der Waals surface area contributed by atoms with Crippen molar-refractivity contribution in [2.45, 2.75) is 39.0 Å². The molecule has 1 aliphatic heterocycles. The molecule has 0 N–H and O–H groups in total. The molecule has 0 aliphatic carbocycles. The number of rotatable bonds is 3. The molecule has 25 heavy (non-hydrogen) atoms. The van der Waals surface area contributed by atoms with Crippen LogP contribution >= 0.6 is 11.6 Å². The van der Waals surface area contributed by atoms with Crippen molar-refractivity contribution >= 4 is 17.7 Å². The van der Waals surface area contributed by atoms with Crippen LogP contribution in [0.15, 0.2) is 12.3 Å². The number of carbonyl (C=O) groups excluding carboxylic acids is 1. The van der Waals surface area contributed by atoms with E-state index in [0.717, 1.165) is 6.07 Å². The summed E-state index contributed by atoms with van der Waals surface area (Å²) in [6.45, 7) is 6.57. The van der Waals surface area contributed by atoms with Gasteiger partial charge in [0.2, 0.25) is 5.88 Å². The number of pyridine rings is 1. The molecule has 9 heteroatoms. The van der Waals surface area contributed by atoms with Gasteiger partial charge in [0.1, 0.15) is 10.6 Å². The highest BCUT2D eigenvalue weighted by Gasteiger charge is 2.32. The second-order valence-corrected chi connectivity index (χ2v) is 7.31. The number of amides is 1. The van der Waals surface area contributed by atoms with Crippen molar-refractivity contribution < 1.29 is 27.4 Å². The van der Waals surface area contributed by atoms with Crippen LogP contribution in [0.1, 0.15) is 32.8 Å². The summed E-state index contributed by atoms with van der Waals surface area (Å²) < 4.78 is 48.5. The van der Waals surface area contributed by atoms with Crippen molar-refractivity contribution in [2.75, 3.05) is 19.7 Å². The number of hydrogen-bond acceptors (Lipinski definition) is 4. The molecular weight excluding hydrogens is 361 g/mol. The van der Waals surface area contributed by atoms with Crippen LogP contribution in [0.3, 0.4) is 0 Å². The minimum Gasteiger partial charge on any atom is -0.476 e. The molecule has 0 bridgehead atoms. The summed E-state index contributed by atoms with van der Waals surface area (Å²) in [4.78, 5) is 17.2. The number of carbonyl (C=O) groups is 1. The number of ether oxygens (including phenoxy) is 2. The first-order chi connectivity index (χ1) is 11.5. The van der Waals surface area contributed by atoms with Gasteiger partial charge in [-0.1, -0.05) is 11.6 Å². The summed E-state index contributed by atoms with van der Waals surface area (Å²) in [5.41, 5.74) is -1.49. The topological polar surface area (TPSA) is 51.7 Å². The molecule has 1 atom stereocenters. The third-order valence-corrected chi connectivity index (χ3v) is 3.80. The van der Waals surface area contributed by atoms with Crippen LogP contribution in [-0.2, 0) is 10.9 Å². The maximum atomic E-state index is 12.6. The van der Waals surface area contributed by atoms with Gasteiger partial charge in [-0.15, -0.1) is 0 Å². The van der Waals surface area contributed by atoms with E-state index in [4.69, 9.17) is 21.1 Å². The van der Waals surface area contributed by atoms with Gasteiger partial charge in [0.05, 0.1) is 12.2 Å². The standard InChI is InChI=1S/C16H20ClF3N2O3/c1-15(2,3)25-14(23)22-5-4-10(8-22)9-24-13-12(17)6-11(7-21-13)16(18,19)20/h6-7,10H,4-5,8-9H2,1-3H3/t10-/m0/s1. The summed E-state index contributed by atoms with van der Waals surface area (Å²) >= 11 is 5.80. The summed E-state index contributed by atoms with van der Waals surface area (Å²) in [5, 5.41) is -0.197. The zero-order valence-corrected chi connectivity index (χ0v) is 14.9. The van der Waals surface area contributed by atoms with Gasteiger partial charge in [-0.3, -0.25) is 0 Å². The zero-order valence-electron chi connectivity index (χ0n) is 14.2. The Morgan fingerprint density at radius 2 is 2.08 bits per heavy atom. The molecule has 1 aromatic rings. The molecule has 1 aliphatic rings. The summed E-state index contributed by atoms with van der Waals surface area (Å²) in [5.74, 6) is -0.0157. The van der Waals surface area contributed by atoms with E-state index in [-0.39, 0.29) is 29.5 Å². The minimum absolute atomic E-state index is 0.0349. The van der Waals surface area contributed by atoms with E-state index in [0.29, 0.717) is 25.7 Å². The summed E-state index contributed by atoms with van der Waals surface area (Å²) in [6, 6.07) is 0.783. The van der Waals surface area contributed by atoms with Gasteiger partial charge in [0.25, 0.3) is 0 Å². The van der Waals surface area contributed by atoms with Gasteiger partial charge >= 0.3 is 12.3 Å². The lowest BCUT2D eigenvalue weighted by Crippen LogP contribution is -2.35. The fourth-order valence-corrected chi connectivity index (χ4v) is 2.57. The maximum absolute atomic E-state index is 12.6. The number of alkyl halides is 3. The minimum atomic E-state index is -4.51. The lowest BCUT2D eigenvalue weighted by molar-refractivity contribution is -0.137. The Morgan fingerprint density at radius 3 is 2.64 bits per heavy atom. The van der Waals surface area contributed by atoms with Crippen LogP contribution in [0.5, 0.6) is 5.88 Å². The summed E-state index contributed by atoms with van der Waals surface area (Å²) in [6.07, 6.45) is -3.50. The smallest absolute Gasteiger partial charge is 0.417 e. The molecule has 2 heterocycles. The molecule has 5 nitrogen and oxygen atoms in total. The average molecular weight is 381 g/mol. The molecular formula is C16H20ClF3N2O3. The van der Waals surface area contributed by atoms with E-state index in [2.05, 4.69) is 4.98 Å². The Bertz CT molecular complexity index is 632. The molecule has 1 saturated heterocycles. The predicted octanol–water partition coefficient (Wildman–Crippen LogP) is 4.39. The second-order valence-electron chi connectivity index (χ2n) is 6.90. The second kappa shape index (κ2) is 7.27. The van der Waals surface area contributed by atoms with Gasteiger partial charge in [0, 0.05) is 25.2 Å². The van der Waals surface area contributed by atoms with Crippen molar-refractivity contribution in [3.63, 3.8) is 0 Å². The van der Waals surface area contributed by atoms with E-state index in [1.165, 1.54) is 0 Å². The molecule has 0 unspecified atom stereocenters. The lowest BCUT2D eigenvalue weighted by atomic mass is 10.1. The highest BCUT2D eigenvalue weighted by molar-refractivity contribution is 6.31. The van der Waals surface area contributed by atoms with Crippen LogP contribution in [0.4, 0.5) is 18.0 Å². The first-order valence-electron chi connectivity index (χ1n) is 7.79. The van der Waals surface area contributed by atoms with E-state index in [1.54, 1.807) is 25.7 Å². The van der Waals surface area contributed by atoms with Gasteiger partial charge in [0.15, 0.2) is 0 Å². The monoisotopic (exact) mass is 380 g/mol. The molecule has 1 aromatic heterocycles. The van der Waals surface area contributed by atoms with Crippen molar-refractivity contribution in [1.82, 2.24) is 9.88 Å². The zero-order chi connectivity index (χ0) is 18.8. The third-order valence-electron chi connectivity index (χ3n) is 3.53. The molecule has 2 rings (SSSR count). The Hall–Kier alpha value is -1.70. The van der Waals surface area contributed by atoms with Gasteiger partial charge < -0.3 is 14.4 Å². The highest BCUT2D eigenvalue weighted by Crippen LogP contribution is 2.33. The fourth-order valence-electron chi connectivity index (χ4n) is 2.34. The van der Waals surface area contributed by atoms with Crippen molar-refractivity contribution in [3.05, 3.63) is 22.8 Å². The van der Waals surface area contributed by atoms with Crippen LogP contribution in [0.2, 0.25) is 5.02 Å². The van der Waals surface area contributed by atoms with Crippen molar-refractivity contribution in [2.24, 2.45) is 5.92 Å². The number of halogens is 4. The van der Waals surface area contributed by atoms with E-state index in [9.17, 15) is 18.0 Å². The Kier molecular flexibility index (Phi) is 5.71. The number of nitrogens with zero attached hydrogens (tertiary/aromatic N) is 2. The van der Waals surface area contributed by atoms with Crippen LogP contribution < -0.4 is 4.74 Å². The average Bonchev–Trinajstić information content (AvgIpc) is 2.92. The normalized spacial score (nSPS) is 18.4.